The third kappa shape index (κ3) is 7.57. The van der Waals surface area contributed by atoms with Crippen LogP contribution in [0.5, 0.6) is 0 Å². The quantitative estimate of drug-likeness (QED) is 0.1000. The Kier molecular flexibility index (Phi) is 8.08. The van der Waals surface area contributed by atoms with Gasteiger partial charge in [0.25, 0.3) is 0 Å². The lowest BCUT2D eigenvalue weighted by Gasteiger charge is -2.40. The van der Waals surface area contributed by atoms with Crippen LogP contribution in [-0.2, 0) is 18.4 Å². The van der Waals surface area contributed by atoms with Crippen LogP contribution in [0.15, 0.2) is 35.4 Å². The highest BCUT2D eigenvalue weighted by atomic mass is 35.5. The van der Waals surface area contributed by atoms with Crippen molar-refractivity contribution < 1.29 is 62.7 Å². The second-order valence-electron chi connectivity index (χ2n) is 9.36. The molecule has 23 heteroatoms. The summed E-state index contributed by atoms with van der Waals surface area (Å²) in [5, 5.41) is 27.6. The molecule has 1 aromatic carbocycles. The van der Waals surface area contributed by atoms with Crippen molar-refractivity contribution in [3.63, 3.8) is 0 Å². The Bertz CT molecular complexity index is 1600. The molecule has 14 nitrogen and oxygen atoms in total. The Balaban J connectivity index is 1.55. The van der Waals surface area contributed by atoms with Gasteiger partial charge in [-0.1, -0.05) is 31.6 Å². The SMILES string of the molecule is C[C@H](Nc1nc(Cl)nc2c1cnn2C1OC(COP(=O)(O)CP(=O)(O)O)C(O)C1O)c1ccc(S(F)(F)(F)(F)F)cc1. The fourth-order valence-corrected chi connectivity index (χ4v) is 7.41. The van der Waals surface area contributed by atoms with Crippen LogP contribution in [0.1, 0.15) is 24.8 Å². The van der Waals surface area contributed by atoms with Crippen LogP contribution < -0.4 is 5.32 Å². The average molecular weight is 690 g/mol. The second-order valence-corrected chi connectivity index (χ2v) is 16.1. The molecule has 3 aromatic rings. The molecule has 5 unspecified atom stereocenters. The molecule has 0 radical (unpaired) electrons. The van der Waals surface area contributed by atoms with Crippen molar-refractivity contribution in [3.05, 3.63) is 41.3 Å². The number of ether oxygens (including phenoxy) is 1. The number of aliphatic hydroxyl groups excluding tert-OH is 2. The van der Waals surface area contributed by atoms with Gasteiger partial charge in [0.1, 0.15) is 29.0 Å². The minimum absolute atomic E-state index is 0.00659. The van der Waals surface area contributed by atoms with Crippen LogP contribution in [0, 0.1) is 0 Å². The number of halogens is 6. The van der Waals surface area contributed by atoms with Gasteiger partial charge >= 0.3 is 25.4 Å². The van der Waals surface area contributed by atoms with Gasteiger partial charge < -0.3 is 39.5 Å². The number of aromatic nitrogens is 4. The predicted molar refractivity (Wildman–Crippen MR) is 139 cm³/mol. The van der Waals surface area contributed by atoms with E-state index in [9.17, 15) is 43.7 Å². The molecule has 6 N–H and O–H groups in total. The maximum Gasteiger partial charge on any atom is 0.340 e. The van der Waals surface area contributed by atoms with E-state index in [0.29, 0.717) is 0 Å². The summed E-state index contributed by atoms with van der Waals surface area (Å²) in [4.78, 5) is 33.4. The highest BCUT2D eigenvalue weighted by molar-refractivity contribution is 8.45. The highest BCUT2D eigenvalue weighted by Crippen LogP contribution is 3.02. The molecule has 2 aromatic heterocycles. The van der Waals surface area contributed by atoms with E-state index >= 15 is 0 Å². The zero-order chi connectivity index (χ0) is 31.5. The van der Waals surface area contributed by atoms with Crippen molar-refractivity contribution in [1.29, 1.82) is 0 Å². The van der Waals surface area contributed by atoms with Crippen LogP contribution >= 0.6 is 37.0 Å². The van der Waals surface area contributed by atoms with E-state index < -0.39 is 73.4 Å². The molecule has 0 amide bonds. The Morgan fingerprint density at radius 2 is 1.71 bits per heavy atom. The summed E-state index contributed by atoms with van der Waals surface area (Å²) in [6.45, 7) is 0.653. The first-order valence-electron chi connectivity index (χ1n) is 11.5. The smallest absolute Gasteiger partial charge is 0.340 e. The maximum atomic E-state index is 13.0. The van der Waals surface area contributed by atoms with Crippen molar-refractivity contribution in [3.8, 4) is 0 Å². The lowest BCUT2D eigenvalue weighted by atomic mass is 10.1. The third-order valence-corrected chi connectivity index (χ3v) is 10.8. The van der Waals surface area contributed by atoms with Crippen molar-refractivity contribution in [2.75, 3.05) is 17.8 Å². The number of aliphatic hydroxyl groups is 2. The van der Waals surface area contributed by atoms with Crippen LogP contribution in [-0.4, -0.2) is 75.5 Å². The number of nitrogens with one attached hydrogen (secondary N) is 1. The minimum Gasteiger partial charge on any atom is -0.387 e. The fraction of sp³-hybridized carbons (Fsp3) is 0.421. The van der Waals surface area contributed by atoms with Gasteiger partial charge in [0.05, 0.1) is 18.2 Å². The molecule has 0 bridgehead atoms. The van der Waals surface area contributed by atoms with Crippen molar-refractivity contribution >= 4 is 53.9 Å². The Labute approximate surface area is 237 Å². The maximum absolute atomic E-state index is 13.0. The van der Waals surface area contributed by atoms with Crippen LogP contribution in [0.2, 0.25) is 5.28 Å². The molecule has 4 rings (SSSR count). The normalized spacial score (nSPS) is 25.5. The molecule has 0 saturated carbocycles. The molecule has 1 aliphatic rings. The van der Waals surface area contributed by atoms with Crippen LogP contribution in [0.3, 0.4) is 0 Å². The largest absolute Gasteiger partial charge is 0.387 e. The van der Waals surface area contributed by atoms with Gasteiger partial charge in [-0.05, 0) is 36.2 Å². The highest BCUT2D eigenvalue weighted by Gasteiger charge is 2.65. The standard InChI is InChI=1S/C19H23ClF5N5O9P2S/c1-9(10-2-4-11(5-3-10)42(21,22,23,24)25)27-16-12-6-26-30(17(12)29-19(20)28-16)18-15(32)14(31)13(39-18)7-38-41(36,37)8-40(33,34)35/h2-6,9,13-15,18,31-32H,7-8H2,1H3,(H,36,37)(H,27,28,29)(H2,33,34,35)/t9-,13?,14?,15?,18?/m0/s1. The zero-order valence-corrected chi connectivity index (χ0v) is 24.3. The monoisotopic (exact) mass is 689 g/mol. The minimum atomic E-state index is -9.86. The number of anilines is 1. The molecule has 1 fully saturated rings. The van der Waals surface area contributed by atoms with Gasteiger partial charge in [0, 0.05) is 6.04 Å². The summed E-state index contributed by atoms with van der Waals surface area (Å²) < 4.78 is 99.3. The van der Waals surface area contributed by atoms with Gasteiger partial charge in [0.15, 0.2) is 17.8 Å². The Morgan fingerprint density at radius 1 is 1.10 bits per heavy atom. The van der Waals surface area contributed by atoms with Gasteiger partial charge in [0.2, 0.25) is 5.28 Å². The van der Waals surface area contributed by atoms with Gasteiger partial charge in [-0.2, -0.15) is 15.1 Å². The van der Waals surface area contributed by atoms with Crippen molar-refractivity contribution in [1.82, 2.24) is 19.7 Å². The lowest BCUT2D eigenvalue weighted by Crippen LogP contribution is -2.33. The van der Waals surface area contributed by atoms with E-state index in [4.69, 9.17) is 26.1 Å². The van der Waals surface area contributed by atoms with Crippen LogP contribution in [0.4, 0.5) is 25.2 Å². The Morgan fingerprint density at radius 3 is 2.29 bits per heavy atom. The second kappa shape index (κ2) is 10.3. The van der Waals surface area contributed by atoms with Gasteiger partial charge in [-0.25, -0.2) is 4.68 Å². The number of benzene rings is 1. The topological polar surface area (TPSA) is 209 Å². The predicted octanol–water partition coefficient (Wildman–Crippen LogP) is 4.27. The number of hydrogen-bond acceptors (Lipinski definition) is 10. The summed E-state index contributed by atoms with van der Waals surface area (Å²) in [5.74, 6) is -1.48. The molecule has 236 valence electrons. The molecule has 0 spiro atoms. The first-order chi connectivity index (χ1) is 18.9. The summed E-state index contributed by atoms with van der Waals surface area (Å²) in [7, 11) is -19.6. The van der Waals surface area contributed by atoms with Gasteiger partial charge in [-0.15, -0.1) is 0 Å². The number of fused-ring (bicyclic) bond motifs is 1. The van der Waals surface area contributed by atoms with Crippen molar-refractivity contribution in [2.24, 2.45) is 0 Å². The van der Waals surface area contributed by atoms with E-state index in [2.05, 4.69) is 24.9 Å². The summed E-state index contributed by atoms with van der Waals surface area (Å²) in [5.41, 5.74) is 0.115. The van der Waals surface area contributed by atoms with E-state index in [1.54, 1.807) is 0 Å². The molecule has 0 aliphatic carbocycles. The number of hydrogen-bond donors (Lipinski definition) is 6. The first kappa shape index (κ1) is 32.9. The molecule has 1 aliphatic heterocycles. The molecule has 42 heavy (non-hydrogen) atoms. The van der Waals surface area contributed by atoms with E-state index in [-0.39, 0.29) is 39.8 Å². The number of nitrogens with zero attached hydrogens (tertiary/aromatic N) is 4. The Hall–Kier alpha value is -1.96. The average Bonchev–Trinajstić information content (AvgIpc) is 3.35. The molecular formula is C19H23ClF5N5O9P2S. The molecule has 3 heterocycles. The fourth-order valence-electron chi connectivity index (χ4n) is 4.03. The van der Waals surface area contributed by atoms with E-state index in [1.165, 1.54) is 13.1 Å². The molecular weight excluding hydrogens is 667 g/mol. The van der Waals surface area contributed by atoms with Crippen LogP contribution in [0.25, 0.3) is 11.0 Å². The first-order valence-corrected chi connectivity index (χ1v) is 17.4. The molecule has 6 atom stereocenters. The van der Waals surface area contributed by atoms with Gasteiger partial charge in [-0.3, -0.25) is 9.13 Å². The van der Waals surface area contributed by atoms with E-state index in [1.807, 2.05) is 0 Å². The lowest BCUT2D eigenvalue weighted by molar-refractivity contribution is -0.0541. The zero-order valence-electron chi connectivity index (χ0n) is 20.9. The number of rotatable bonds is 10. The van der Waals surface area contributed by atoms with Crippen molar-refractivity contribution in [2.45, 2.75) is 42.4 Å². The third-order valence-electron chi connectivity index (χ3n) is 5.99. The summed E-state index contributed by atoms with van der Waals surface area (Å²) in [6, 6.07) is 1.47. The summed E-state index contributed by atoms with van der Waals surface area (Å²) in [6.07, 6.45) is -5.15. The van der Waals surface area contributed by atoms with E-state index in [0.717, 1.165) is 16.8 Å². The summed E-state index contributed by atoms with van der Waals surface area (Å²) >= 11 is 6.03. The molecule has 1 saturated heterocycles.